The molecule has 0 heterocycles. The molecule has 2 aromatic carbocycles. The third-order valence-corrected chi connectivity index (χ3v) is 6.59. The number of unbranched alkanes of at least 4 members (excludes halogenated alkanes) is 4. The monoisotopic (exact) mass is 496 g/mol. The number of aromatic hydroxyl groups is 2. The minimum Gasteiger partial charge on any atom is -0.507 e. The summed E-state index contributed by atoms with van der Waals surface area (Å²) in [4.78, 5) is 9.50. The first-order chi connectivity index (χ1) is 17.1. The van der Waals surface area contributed by atoms with Gasteiger partial charge in [0.15, 0.2) is 0 Å². The zero-order valence-electron chi connectivity index (χ0n) is 22.9. The minimum atomic E-state index is -0.580. The molecule has 0 saturated carbocycles. The van der Waals surface area contributed by atoms with Crippen LogP contribution >= 0.6 is 0 Å². The van der Waals surface area contributed by atoms with Crippen molar-refractivity contribution in [2.24, 2.45) is 9.98 Å². The van der Waals surface area contributed by atoms with Crippen LogP contribution in [-0.4, -0.2) is 46.9 Å². The van der Waals surface area contributed by atoms with E-state index in [1.807, 2.05) is 52.0 Å². The van der Waals surface area contributed by atoms with E-state index in [2.05, 4.69) is 13.8 Å². The molecule has 2 rings (SSSR count). The quantitative estimate of drug-likeness (QED) is 0.200. The van der Waals surface area contributed by atoms with Crippen molar-refractivity contribution in [1.29, 1.82) is 0 Å². The first-order valence-electron chi connectivity index (χ1n) is 13.1. The minimum absolute atomic E-state index is 0.130. The molecule has 0 aliphatic heterocycles. The normalized spacial score (nSPS) is 12.5. The molecule has 0 bridgehead atoms. The van der Waals surface area contributed by atoms with E-state index >= 15 is 0 Å². The molecule has 36 heavy (non-hydrogen) atoms. The molecule has 2 N–H and O–H groups in total. The third kappa shape index (κ3) is 8.89. The number of phenolic OH excluding ortho intramolecular Hbond substituents is 2. The Morgan fingerprint density at radius 3 is 1.39 bits per heavy atom. The van der Waals surface area contributed by atoms with E-state index in [1.54, 1.807) is 24.6 Å². The zero-order valence-corrected chi connectivity index (χ0v) is 22.9. The number of benzene rings is 2. The summed E-state index contributed by atoms with van der Waals surface area (Å²) in [7, 11) is 0. The second-order valence-corrected chi connectivity index (χ2v) is 10.2. The van der Waals surface area contributed by atoms with Crippen LogP contribution in [-0.2, 0) is 0 Å². The lowest BCUT2D eigenvalue weighted by Crippen LogP contribution is -2.42. The standard InChI is InChI=1S/C30H44N2O4/c1-7-9-11-17-35-25-15-13-23(27(33)19-25)21-31-29(3,4)30(5,6)32-22-24-14-16-26(20-28(24)34)36-18-12-10-8-2/h13-16,19-22,33-34H,7-12,17-18H2,1-6H3. The fourth-order valence-corrected chi connectivity index (χ4v) is 3.31. The molecule has 2 aromatic rings. The van der Waals surface area contributed by atoms with Gasteiger partial charge >= 0.3 is 0 Å². The average molecular weight is 497 g/mol. The Balaban J connectivity index is 2.05. The van der Waals surface area contributed by atoms with Crippen molar-refractivity contribution in [2.75, 3.05) is 13.2 Å². The Hall–Kier alpha value is -3.02. The number of ether oxygens (including phenoxy) is 2. The highest BCUT2D eigenvalue weighted by Crippen LogP contribution is 2.31. The van der Waals surface area contributed by atoms with E-state index in [9.17, 15) is 10.2 Å². The maximum Gasteiger partial charge on any atom is 0.128 e. The first-order valence-corrected chi connectivity index (χ1v) is 13.1. The molecule has 198 valence electrons. The number of rotatable bonds is 15. The second kappa shape index (κ2) is 13.9. The highest BCUT2D eigenvalue weighted by atomic mass is 16.5. The van der Waals surface area contributed by atoms with Crippen molar-refractivity contribution in [1.82, 2.24) is 0 Å². The van der Waals surface area contributed by atoms with Crippen LogP contribution in [0.4, 0.5) is 0 Å². The van der Waals surface area contributed by atoms with Crippen LogP contribution in [0.3, 0.4) is 0 Å². The second-order valence-electron chi connectivity index (χ2n) is 10.2. The van der Waals surface area contributed by atoms with Crippen LogP contribution in [0.1, 0.15) is 91.2 Å². The molecule has 0 radical (unpaired) electrons. The third-order valence-electron chi connectivity index (χ3n) is 6.59. The molecule has 0 aliphatic carbocycles. The van der Waals surface area contributed by atoms with Crippen molar-refractivity contribution in [3.8, 4) is 23.0 Å². The predicted molar refractivity (Wildman–Crippen MR) is 150 cm³/mol. The summed E-state index contributed by atoms with van der Waals surface area (Å²) in [6.07, 6.45) is 9.89. The molecule has 0 aliphatic rings. The van der Waals surface area contributed by atoms with Crippen molar-refractivity contribution in [3.05, 3.63) is 47.5 Å². The Kier molecular flexibility index (Phi) is 11.3. The molecular weight excluding hydrogens is 452 g/mol. The van der Waals surface area contributed by atoms with Gasteiger partial charge < -0.3 is 19.7 Å². The van der Waals surface area contributed by atoms with E-state index in [0.717, 1.165) is 38.5 Å². The smallest absolute Gasteiger partial charge is 0.128 e. The summed E-state index contributed by atoms with van der Waals surface area (Å²) in [5.41, 5.74) is 0.0822. The molecule has 0 aromatic heterocycles. The fourth-order valence-electron chi connectivity index (χ4n) is 3.31. The van der Waals surface area contributed by atoms with Gasteiger partial charge in [0.05, 0.1) is 24.3 Å². The molecule has 6 nitrogen and oxygen atoms in total. The van der Waals surface area contributed by atoms with Gasteiger partial charge in [-0.15, -0.1) is 0 Å². The van der Waals surface area contributed by atoms with Crippen molar-refractivity contribution in [2.45, 2.75) is 91.1 Å². The number of nitrogens with zero attached hydrogens (tertiary/aromatic N) is 2. The molecule has 0 fully saturated rings. The summed E-state index contributed by atoms with van der Waals surface area (Å²) < 4.78 is 11.4. The van der Waals surface area contributed by atoms with Crippen LogP contribution in [0.5, 0.6) is 23.0 Å². The SMILES string of the molecule is CCCCCOc1ccc(C=NC(C)(C)C(C)(C)N=Cc2ccc(OCCCCC)cc2O)c(O)c1. The summed E-state index contributed by atoms with van der Waals surface area (Å²) >= 11 is 0. The summed E-state index contributed by atoms with van der Waals surface area (Å²) in [6.45, 7) is 13.6. The largest absolute Gasteiger partial charge is 0.507 e. The van der Waals surface area contributed by atoms with Crippen molar-refractivity contribution < 1.29 is 19.7 Å². The average Bonchev–Trinajstić information content (AvgIpc) is 2.83. The van der Waals surface area contributed by atoms with Gasteiger partial charge in [0, 0.05) is 35.7 Å². The fraction of sp³-hybridized carbons (Fsp3) is 0.533. The molecule has 0 amide bonds. The van der Waals surface area contributed by atoms with Crippen molar-refractivity contribution in [3.63, 3.8) is 0 Å². The van der Waals surface area contributed by atoms with Gasteiger partial charge in [0.25, 0.3) is 0 Å². The van der Waals surface area contributed by atoms with Gasteiger partial charge in [-0.1, -0.05) is 39.5 Å². The molecule has 6 heteroatoms. The number of phenols is 2. The van der Waals surface area contributed by atoms with E-state index in [0.29, 0.717) is 35.8 Å². The van der Waals surface area contributed by atoms with Crippen LogP contribution < -0.4 is 9.47 Å². The number of hydrogen-bond donors (Lipinski definition) is 2. The van der Waals surface area contributed by atoms with Gasteiger partial charge in [0.1, 0.15) is 23.0 Å². The molecule has 0 saturated heterocycles. The lowest BCUT2D eigenvalue weighted by atomic mass is 9.83. The van der Waals surface area contributed by atoms with E-state index in [1.165, 1.54) is 0 Å². The van der Waals surface area contributed by atoms with Gasteiger partial charge in [-0.2, -0.15) is 0 Å². The zero-order chi connectivity index (χ0) is 26.6. The van der Waals surface area contributed by atoms with Crippen molar-refractivity contribution >= 4 is 12.4 Å². The summed E-state index contributed by atoms with van der Waals surface area (Å²) in [5, 5.41) is 20.9. The first kappa shape index (κ1) is 29.2. The van der Waals surface area contributed by atoms with Crippen LogP contribution in [0.2, 0.25) is 0 Å². The van der Waals surface area contributed by atoms with E-state index in [4.69, 9.17) is 19.5 Å². The Morgan fingerprint density at radius 2 is 1.06 bits per heavy atom. The maximum absolute atomic E-state index is 10.4. The Morgan fingerprint density at radius 1 is 0.667 bits per heavy atom. The van der Waals surface area contributed by atoms with Gasteiger partial charge in [-0.05, 0) is 64.8 Å². The highest BCUT2D eigenvalue weighted by molar-refractivity contribution is 5.85. The molecular formula is C30H44N2O4. The van der Waals surface area contributed by atoms with Gasteiger partial charge in [0.2, 0.25) is 0 Å². The Bertz CT molecular complexity index is 931. The maximum atomic E-state index is 10.4. The lowest BCUT2D eigenvalue weighted by molar-refractivity contribution is 0.304. The van der Waals surface area contributed by atoms with Crippen LogP contribution in [0, 0.1) is 0 Å². The molecule has 0 spiro atoms. The predicted octanol–water partition coefficient (Wildman–Crippen LogP) is 7.33. The molecule has 0 atom stereocenters. The van der Waals surface area contributed by atoms with Crippen LogP contribution in [0.15, 0.2) is 46.4 Å². The lowest BCUT2D eigenvalue weighted by Gasteiger charge is -2.35. The van der Waals surface area contributed by atoms with E-state index < -0.39 is 11.1 Å². The highest BCUT2D eigenvalue weighted by Gasteiger charge is 2.35. The van der Waals surface area contributed by atoms with Crippen LogP contribution in [0.25, 0.3) is 0 Å². The number of aliphatic imine (C=N–C) groups is 2. The summed E-state index contributed by atoms with van der Waals surface area (Å²) in [6, 6.07) is 10.6. The number of hydrogen-bond acceptors (Lipinski definition) is 6. The van der Waals surface area contributed by atoms with E-state index in [-0.39, 0.29) is 11.5 Å². The van der Waals surface area contributed by atoms with Gasteiger partial charge in [-0.25, -0.2) is 0 Å². The summed E-state index contributed by atoms with van der Waals surface area (Å²) in [5.74, 6) is 1.57. The molecule has 0 unspecified atom stereocenters. The van der Waals surface area contributed by atoms with Gasteiger partial charge in [-0.3, -0.25) is 9.98 Å². The topological polar surface area (TPSA) is 83.6 Å². The Labute approximate surface area is 217 Å².